The van der Waals surface area contributed by atoms with E-state index in [4.69, 9.17) is 16.3 Å². The molecule has 2 atom stereocenters. The highest BCUT2D eigenvalue weighted by atomic mass is 35.5. The third-order valence-corrected chi connectivity index (χ3v) is 3.78. The quantitative estimate of drug-likeness (QED) is 0.669. The normalized spacial score (nSPS) is 15.7. The number of hydrogen-bond donors (Lipinski definition) is 1. The van der Waals surface area contributed by atoms with Crippen LogP contribution in [0.2, 0.25) is 0 Å². The van der Waals surface area contributed by atoms with Gasteiger partial charge in [0.15, 0.2) is 9.84 Å². The summed E-state index contributed by atoms with van der Waals surface area (Å²) in [6.45, 7) is 1.59. The summed E-state index contributed by atoms with van der Waals surface area (Å²) >= 11 is 5.57. The van der Waals surface area contributed by atoms with Crippen molar-refractivity contribution in [2.24, 2.45) is 0 Å². The van der Waals surface area contributed by atoms with Crippen LogP contribution in [0.5, 0.6) is 0 Å². The minimum absolute atomic E-state index is 0.177. The van der Waals surface area contributed by atoms with Crippen molar-refractivity contribution in [2.75, 3.05) is 25.9 Å². The first kappa shape index (κ1) is 14.7. The maximum Gasteiger partial charge on any atom is 0.238 e. The Hall–Kier alpha value is -0.330. The number of alkyl halides is 1. The fraction of sp³-hybridized carbons (Fsp3) is 0.875. The number of carbonyl (C=O) groups is 1. The van der Waals surface area contributed by atoms with Crippen LogP contribution in [0.3, 0.4) is 0 Å². The number of ether oxygens (including phenoxy) is 1. The van der Waals surface area contributed by atoms with Crippen molar-refractivity contribution < 1.29 is 17.9 Å². The molecule has 0 aromatic heterocycles. The van der Waals surface area contributed by atoms with Crippen LogP contribution in [0.4, 0.5) is 0 Å². The molecule has 0 heterocycles. The molecule has 90 valence electrons. The van der Waals surface area contributed by atoms with E-state index >= 15 is 0 Å². The van der Waals surface area contributed by atoms with Crippen LogP contribution in [0.25, 0.3) is 0 Å². The predicted molar refractivity (Wildman–Crippen MR) is 58.8 cm³/mol. The number of halogens is 1. The molecule has 1 N–H and O–H groups in total. The molecule has 0 rings (SSSR count). The third-order valence-electron chi connectivity index (χ3n) is 1.91. The van der Waals surface area contributed by atoms with Gasteiger partial charge in [-0.2, -0.15) is 0 Å². The first-order valence-electron chi connectivity index (χ1n) is 4.37. The first-order valence-corrected chi connectivity index (χ1v) is 6.86. The van der Waals surface area contributed by atoms with Crippen molar-refractivity contribution in [2.45, 2.75) is 18.2 Å². The second-order valence-corrected chi connectivity index (χ2v) is 5.96. The summed E-state index contributed by atoms with van der Waals surface area (Å²) in [5.74, 6) is -0.379. The largest absolute Gasteiger partial charge is 0.383 e. The standard InChI is InChI=1S/C8H16ClNO4S/c1-6(15(3,12)13)8(11)10-7(4-9)5-14-2/h6-7H,4-5H2,1-3H3,(H,10,11). The number of amides is 1. The second-order valence-electron chi connectivity index (χ2n) is 3.29. The summed E-state index contributed by atoms with van der Waals surface area (Å²) in [5.41, 5.74) is 0. The Morgan fingerprint density at radius 1 is 1.53 bits per heavy atom. The van der Waals surface area contributed by atoms with Crippen LogP contribution in [-0.4, -0.2) is 51.5 Å². The highest BCUT2D eigenvalue weighted by Crippen LogP contribution is 1.99. The van der Waals surface area contributed by atoms with Gasteiger partial charge in [-0.15, -0.1) is 11.6 Å². The molecule has 0 saturated carbocycles. The number of hydrogen-bond acceptors (Lipinski definition) is 4. The van der Waals surface area contributed by atoms with Crippen LogP contribution in [0.1, 0.15) is 6.92 Å². The van der Waals surface area contributed by atoms with Gasteiger partial charge in [-0.25, -0.2) is 8.42 Å². The lowest BCUT2D eigenvalue weighted by atomic mass is 10.3. The lowest BCUT2D eigenvalue weighted by molar-refractivity contribution is -0.121. The number of carbonyl (C=O) groups excluding carboxylic acids is 1. The molecule has 15 heavy (non-hydrogen) atoms. The van der Waals surface area contributed by atoms with Gasteiger partial charge in [0.1, 0.15) is 5.25 Å². The summed E-state index contributed by atoms with van der Waals surface area (Å²) < 4.78 is 27.0. The van der Waals surface area contributed by atoms with Crippen molar-refractivity contribution in [3.63, 3.8) is 0 Å². The lowest BCUT2D eigenvalue weighted by Crippen LogP contribution is -2.45. The zero-order valence-electron chi connectivity index (χ0n) is 8.99. The van der Waals surface area contributed by atoms with E-state index in [1.165, 1.54) is 14.0 Å². The molecule has 0 aromatic carbocycles. The van der Waals surface area contributed by atoms with Crippen LogP contribution >= 0.6 is 11.6 Å². The maximum absolute atomic E-state index is 11.4. The van der Waals surface area contributed by atoms with Gasteiger partial charge in [-0.1, -0.05) is 0 Å². The third kappa shape index (κ3) is 5.34. The fourth-order valence-electron chi connectivity index (χ4n) is 0.839. The molecule has 0 aliphatic carbocycles. The highest BCUT2D eigenvalue weighted by Gasteiger charge is 2.25. The molecule has 0 aliphatic heterocycles. The van der Waals surface area contributed by atoms with Gasteiger partial charge < -0.3 is 10.1 Å². The van der Waals surface area contributed by atoms with Gasteiger partial charge in [-0.05, 0) is 6.92 Å². The summed E-state index contributed by atoms with van der Waals surface area (Å²) in [5, 5.41) is 1.43. The number of methoxy groups -OCH3 is 1. The van der Waals surface area contributed by atoms with E-state index in [-0.39, 0.29) is 18.5 Å². The summed E-state index contributed by atoms with van der Waals surface area (Å²) in [6, 6.07) is -0.367. The van der Waals surface area contributed by atoms with Gasteiger partial charge in [0.25, 0.3) is 0 Å². The van der Waals surface area contributed by atoms with E-state index in [2.05, 4.69) is 5.32 Å². The Labute approximate surface area is 95.0 Å². The van der Waals surface area contributed by atoms with Gasteiger partial charge >= 0.3 is 0 Å². The van der Waals surface area contributed by atoms with E-state index in [0.29, 0.717) is 0 Å². The van der Waals surface area contributed by atoms with Crippen molar-refractivity contribution >= 4 is 27.3 Å². The number of sulfone groups is 1. The molecule has 5 nitrogen and oxygen atoms in total. The molecule has 0 saturated heterocycles. The molecular weight excluding hydrogens is 242 g/mol. The topological polar surface area (TPSA) is 72.5 Å². The van der Waals surface area contributed by atoms with E-state index < -0.39 is 21.0 Å². The Balaban J connectivity index is 4.35. The molecule has 0 bridgehead atoms. The molecule has 0 aliphatic rings. The lowest BCUT2D eigenvalue weighted by Gasteiger charge is -2.17. The fourth-order valence-corrected chi connectivity index (χ4v) is 1.46. The molecule has 0 radical (unpaired) electrons. The molecule has 0 aromatic rings. The van der Waals surface area contributed by atoms with Crippen LogP contribution < -0.4 is 5.32 Å². The maximum atomic E-state index is 11.4. The van der Waals surface area contributed by atoms with E-state index in [1.54, 1.807) is 0 Å². The zero-order valence-corrected chi connectivity index (χ0v) is 10.6. The van der Waals surface area contributed by atoms with Crippen molar-refractivity contribution in [3.05, 3.63) is 0 Å². The molecule has 0 fully saturated rings. The summed E-state index contributed by atoms with van der Waals surface area (Å²) in [7, 11) is -1.89. The van der Waals surface area contributed by atoms with Gasteiger partial charge in [0.05, 0.1) is 12.6 Å². The average Bonchev–Trinajstić information content (AvgIpc) is 2.14. The van der Waals surface area contributed by atoms with E-state index in [1.807, 2.05) is 0 Å². The molecular formula is C8H16ClNO4S. The van der Waals surface area contributed by atoms with Crippen molar-refractivity contribution in [1.29, 1.82) is 0 Å². The van der Waals surface area contributed by atoms with E-state index in [9.17, 15) is 13.2 Å². The average molecular weight is 258 g/mol. The SMILES string of the molecule is COCC(CCl)NC(=O)C(C)S(C)(=O)=O. The Kier molecular flexibility index (Phi) is 6.16. The zero-order chi connectivity index (χ0) is 12.1. The first-order chi connectivity index (χ1) is 6.82. The van der Waals surface area contributed by atoms with Crippen molar-refractivity contribution in [3.8, 4) is 0 Å². The monoisotopic (exact) mass is 257 g/mol. The Morgan fingerprint density at radius 3 is 2.40 bits per heavy atom. The van der Waals surface area contributed by atoms with Gasteiger partial charge in [0, 0.05) is 19.2 Å². The minimum atomic E-state index is -3.37. The van der Waals surface area contributed by atoms with Gasteiger partial charge in [-0.3, -0.25) is 4.79 Å². The molecule has 0 spiro atoms. The van der Waals surface area contributed by atoms with Gasteiger partial charge in [0.2, 0.25) is 5.91 Å². The minimum Gasteiger partial charge on any atom is -0.383 e. The smallest absolute Gasteiger partial charge is 0.238 e. The predicted octanol–water partition coefficient (Wildman–Crippen LogP) is -0.210. The Morgan fingerprint density at radius 2 is 2.07 bits per heavy atom. The number of nitrogens with one attached hydrogen (secondary N) is 1. The van der Waals surface area contributed by atoms with Crippen LogP contribution in [-0.2, 0) is 19.4 Å². The highest BCUT2D eigenvalue weighted by molar-refractivity contribution is 7.92. The van der Waals surface area contributed by atoms with Crippen LogP contribution in [0, 0.1) is 0 Å². The van der Waals surface area contributed by atoms with E-state index in [0.717, 1.165) is 6.26 Å². The second kappa shape index (κ2) is 6.30. The summed E-state index contributed by atoms with van der Waals surface area (Å²) in [6.07, 6.45) is 1.02. The summed E-state index contributed by atoms with van der Waals surface area (Å²) in [4.78, 5) is 11.4. The molecule has 1 amide bonds. The van der Waals surface area contributed by atoms with Crippen molar-refractivity contribution in [1.82, 2.24) is 5.32 Å². The molecule has 7 heteroatoms. The van der Waals surface area contributed by atoms with Crippen LogP contribution in [0.15, 0.2) is 0 Å². The molecule has 2 unspecified atom stereocenters. The number of rotatable bonds is 6. The Bertz CT molecular complexity index is 304.